The molecule has 0 aromatic heterocycles. The zero-order chi connectivity index (χ0) is 24.2. The third-order valence-corrected chi connectivity index (χ3v) is 4.79. The summed E-state index contributed by atoms with van der Waals surface area (Å²) in [7, 11) is 0. The second-order valence-corrected chi connectivity index (χ2v) is 7.41. The van der Waals surface area contributed by atoms with Gasteiger partial charge in [-0.05, 0) is 17.5 Å². The number of hydrogen-bond donors (Lipinski definition) is 6. The smallest absolute Gasteiger partial charge is 0.326 e. The predicted octanol–water partition coefficient (Wildman–Crippen LogP) is -1.04. The number of aliphatic hydroxyl groups is 1. The highest BCUT2D eigenvalue weighted by molar-refractivity contribution is 5.92. The molecule has 0 aliphatic rings. The van der Waals surface area contributed by atoms with Gasteiger partial charge in [-0.1, -0.05) is 60.7 Å². The molecular weight excluding hydrogens is 428 g/mol. The Morgan fingerprint density at radius 2 is 1.33 bits per heavy atom. The molecule has 2 rings (SSSR count). The first-order valence-electron chi connectivity index (χ1n) is 10.3. The summed E-state index contributed by atoms with van der Waals surface area (Å²) in [4.78, 5) is 48.2. The number of rotatable bonds is 12. The maximum atomic E-state index is 12.4. The molecule has 3 amide bonds. The standard InChI is InChI=1S/C23H28N4O6/c24-17(11-15-7-3-1-4-8-15)21(30)25-13-20(29)26-19(14-28)22(31)27-18(23(32)33)12-16-9-5-2-6-10-16/h1-10,17-19,28H,11-14,24H2,(H,25,30)(H,26,29)(H,27,31)(H,32,33). The minimum absolute atomic E-state index is 0.0311. The third kappa shape index (κ3) is 8.71. The molecule has 0 heterocycles. The Morgan fingerprint density at radius 1 is 0.788 bits per heavy atom. The number of carboxylic acids is 1. The maximum absolute atomic E-state index is 12.4. The maximum Gasteiger partial charge on any atom is 0.326 e. The summed E-state index contributed by atoms with van der Waals surface area (Å²) in [6, 6.07) is 14.3. The van der Waals surface area contributed by atoms with Crippen LogP contribution >= 0.6 is 0 Å². The first kappa shape index (κ1) is 25.5. The van der Waals surface area contributed by atoms with Crippen LogP contribution in [0.4, 0.5) is 0 Å². The minimum Gasteiger partial charge on any atom is -0.480 e. The Morgan fingerprint density at radius 3 is 1.85 bits per heavy atom. The van der Waals surface area contributed by atoms with E-state index in [1.807, 2.05) is 30.3 Å². The Balaban J connectivity index is 1.83. The van der Waals surface area contributed by atoms with Gasteiger partial charge >= 0.3 is 5.97 Å². The molecule has 0 saturated carbocycles. The number of carboxylic acid groups (broad SMARTS) is 1. The minimum atomic E-state index is -1.38. The van der Waals surface area contributed by atoms with Gasteiger partial charge in [0.05, 0.1) is 19.2 Å². The number of aliphatic hydroxyl groups excluding tert-OH is 1. The molecule has 2 aromatic carbocycles. The van der Waals surface area contributed by atoms with Crippen molar-refractivity contribution in [2.75, 3.05) is 13.2 Å². The second-order valence-electron chi connectivity index (χ2n) is 7.41. The average Bonchev–Trinajstić information content (AvgIpc) is 2.81. The molecular formula is C23H28N4O6. The van der Waals surface area contributed by atoms with E-state index in [2.05, 4.69) is 16.0 Å². The van der Waals surface area contributed by atoms with E-state index >= 15 is 0 Å². The number of nitrogens with one attached hydrogen (secondary N) is 3. The topological polar surface area (TPSA) is 171 Å². The van der Waals surface area contributed by atoms with Gasteiger partial charge < -0.3 is 31.9 Å². The third-order valence-electron chi connectivity index (χ3n) is 4.79. The van der Waals surface area contributed by atoms with Gasteiger partial charge in [0.25, 0.3) is 0 Å². The van der Waals surface area contributed by atoms with Gasteiger partial charge in [-0.2, -0.15) is 0 Å². The van der Waals surface area contributed by atoms with Crippen LogP contribution in [0.15, 0.2) is 60.7 Å². The second kappa shape index (κ2) is 12.9. The van der Waals surface area contributed by atoms with Gasteiger partial charge in [-0.3, -0.25) is 14.4 Å². The van der Waals surface area contributed by atoms with Gasteiger partial charge in [-0.25, -0.2) is 4.79 Å². The van der Waals surface area contributed by atoms with E-state index in [1.165, 1.54) is 0 Å². The lowest BCUT2D eigenvalue weighted by Gasteiger charge is -2.20. The van der Waals surface area contributed by atoms with Crippen molar-refractivity contribution < 1.29 is 29.4 Å². The van der Waals surface area contributed by atoms with Crippen molar-refractivity contribution in [1.82, 2.24) is 16.0 Å². The van der Waals surface area contributed by atoms with Crippen molar-refractivity contribution >= 4 is 23.7 Å². The molecule has 0 bridgehead atoms. The molecule has 33 heavy (non-hydrogen) atoms. The number of nitrogens with two attached hydrogens (primary N) is 1. The Labute approximate surface area is 191 Å². The molecule has 0 aliphatic carbocycles. The van der Waals surface area contributed by atoms with Gasteiger partial charge in [0.15, 0.2) is 0 Å². The fourth-order valence-corrected chi connectivity index (χ4v) is 3.02. The number of benzene rings is 2. The highest BCUT2D eigenvalue weighted by atomic mass is 16.4. The van der Waals surface area contributed by atoms with Crippen LogP contribution in [0.5, 0.6) is 0 Å². The molecule has 2 aromatic rings. The van der Waals surface area contributed by atoms with Gasteiger partial charge in [0, 0.05) is 6.42 Å². The molecule has 0 fully saturated rings. The largest absolute Gasteiger partial charge is 0.480 e. The van der Waals surface area contributed by atoms with Crippen LogP contribution in [0.3, 0.4) is 0 Å². The molecule has 7 N–H and O–H groups in total. The molecule has 0 radical (unpaired) electrons. The number of carbonyl (C=O) groups is 4. The highest BCUT2D eigenvalue weighted by Gasteiger charge is 2.26. The van der Waals surface area contributed by atoms with Crippen LogP contribution in [-0.2, 0) is 32.0 Å². The molecule has 0 spiro atoms. The fraction of sp³-hybridized carbons (Fsp3) is 0.304. The molecule has 10 nitrogen and oxygen atoms in total. The summed E-state index contributed by atoms with van der Waals surface area (Å²) in [5.41, 5.74) is 7.42. The van der Waals surface area contributed by atoms with E-state index < -0.39 is 55.0 Å². The summed E-state index contributed by atoms with van der Waals surface area (Å²) in [6.07, 6.45) is 0.317. The van der Waals surface area contributed by atoms with E-state index in [0.717, 1.165) is 5.56 Å². The van der Waals surface area contributed by atoms with Crippen molar-refractivity contribution in [1.29, 1.82) is 0 Å². The van der Waals surface area contributed by atoms with Crippen molar-refractivity contribution in [3.8, 4) is 0 Å². The summed E-state index contributed by atoms with van der Waals surface area (Å²) in [5, 5.41) is 25.8. The Bertz CT molecular complexity index is 938. The van der Waals surface area contributed by atoms with Gasteiger partial charge in [0.2, 0.25) is 17.7 Å². The molecule has 3 atom stereocenters. The van der Waals surface area contributed by atoms with Gasteiger partial charge in [0.1, 0.15) is 12.1 Å². The molecule has 0 saturated heterocycles. The predicted molar refractivity (Wildman–Crippen MR) is 120 cm³/mol. The van der Waals surface area contributed by atoms with Crippen LogP contribution in [-0.4, -0.2) is 65.2 Å². The van der Waals surface area contributed by atoms with Crippen LogP contribution in [0, 0.1) is 0 Å². The van der Waals surface area contributed by atoms with E-state index in [0.29, 0.717) is 5.56 Å². The summed E-state index contributed by atoms with van der Waals surface area (Å²) in [5.74, 6) is -3.40. The summed E-state index contributed by atoms with van der Waals surface area (Å²) < 4.78 is 0. The zero-order valence-corrected chi connectivity index (χ0v) is 17.9. The highest BCUT2D eigenvalue weighted by Crippen LogP contribution is 2.04. The number of amides is 3. The van der Waals surface area contributed by atoms with Crippen LogP contribution < -0.4 is 21.7 Å². The van der Waals surface area contributed by atoms with Crippen LogP contribution in [0.1, 0.15) is 11.1 Å². The summed E-state index contributed by atoms with van der Waals surface area (Å²) >= 11 is 0. The van der Waals surface area contributed by atoms with Crippen molar-refractivity contribution in [3.05, 3.63) is 71.8 Å². The first-order valence-corrected chi connectivity index (χ1v) is 10.3. The van der Waals surface area contributed by atoms with Crippen molar-refractivity contribution in [3.63, 3.8) is 0 Å². The monoisotopic (exact) mass is 456 g/mol. The number of aliphatic carboxylic acids is 1. The lowest BCUT2D eigenvalue weighted by atomic mass is 10.1. The normalized spacial score (nSPS) is 13.3. The average molecular weight is 456 g/mol. The summed E-state index contributed by atoms with van der Waals surface area (Å²) in [6.45, 7) is -1.21. The van der Waals surface area contributed by atoms with E-state index in [1.54, 1.807) is 30.3 Å². The van der Waals surface area contributed by atoms with Crippen LogP contribution in [0.25, 0.3) is 0 Å². The first-order chi connectivity index (χ1) is 15.8. The van der Waals surface area contributed by atoms with Gasteiger partial charge in [-0.15, -0.1) is 0 Å². The van der Waals surface area contributed by atoms with E-state index in [9.17, 15) is 29.4 Å². The molecule has 176 valence electrons. The number of carbonyl (C=O) groups excluding carboxylic acids is 3. The molecule has 10 heteroatoms. The van der Waals surface area contributed by atoms with Crippen molar-refractivity contribution in [2.45, 2.75) is 31.0 Å². The Kier molecular flexibility index (Phi) is 10.00. The molecule has 3 unspecified atom stereocenters. The SMILES string of the molecule is NC(Cc1ccccc1)C(=O)NCC(=O)NC(CO)C(=O)NC(Cc1ccccc1)C(=O)O. The van der Waals surface area contributed by atoms with E-state index in [-0.39, 0.29) is 12.8 Å². The van der Waals surface area contributed by atoms with E-state index in [4.69, 9.17) is 5.73 Å². The fourth-order valence-electron chi connectivity index (χ4n) is 3.02. The van der Waals surface area contributed by atoms with Crippen molar-refractivity contribution in [2.24, 2.45) is 5.73 Å². The van der Waals surface area contributed by atoms with Crippen LogP contribution in [0.2, 0.25) is 0 Å². The quantitative estimate of drug-likeness (QED) is 0.237. The number of hydrogen-bond acceptors (Lipinski definition) is 6. The lowest BCUT2D eigenvalue weighted by Crippen LogP contribution is -2.55. The Hall–Kier alpha value is -3.76. The molecule has 0 aliphatic heterocycles. The lowest BCUT2D eigenvalue weighted by molar-refractivity contribution is -0.142. The zero-order valence-electron chi connectivity index (χ0n) is 17.9.